The fourth-order valence-electron chi connectivity index (χ4n) is 0.876. The summed E-state index contributed by atoms with van der Waals surface area (Å²) in [6, 6.07) is 0. The molecule has 1 atom stereocenters. The topological polar surface area (TPSA) is 26.3 Å². The van der Waals surface area contributed by atoms with Crippen molar-refractivity contribution >= 4 is 32.2 Å². The zero-order chi connectivity index (χ0) is 9.45. The smallest absolute Gasteiger partial charge is 0.310 e. The largest absolute Gasteiger partial charge is 0.353 e. The molecule has 0 bridgehead atoms. The Morgan fingerprint density at radius 2 is 1.92 bits per heavy atom. The zero-order valence-electron chi connectivity index (χ0n) is 7.26. The van der Waals surface area contributed by atoms with Crippen molar-refractivity contribution in [2.75, 3.05) is 6.61 Å². The lowest BCUT2D eigenvalue weighted by atomic mass is 10.2. The third-order valence-corrected chi connectivity index (χ3v) is 2.88. The molecule has 0 rings (SSSR count). The van der Waals surface area contributed by atoms with Crippen LogP contribution in [-0.2, 0) is 9.09 Å². The lowest BCUT2D eigenvalue weighted by molar-refractivity contribution is 0.322. The molecule has 0 aliphatic rings. The van der Waals surface area contributed by atoms with Gasteiger partial charge in [0.1, 0.15) is 0 Å². The number of hydrogen-bond acceptors (Lipinski definition) is 2. The quantitative estimate of drug-likeness (QED) is 0.497. The Kier molecular flexibility index (Phi) is 7.96. The van der Waals surface area contributed by atoms with Crippen LogP contribution in [0.2, 0.25) is 0 Å². The van der Waals surface area contributed by atoms with Gasteiger partial charge in [0.05, 0.1) is 6.61 Å². The van der Waals surface area contributed by atoms with Gasteiger partial charge in [0.25, 0.3) is 0 Å². The Morgan fingerprint density at radius 3 is 2.42 bits per heavy atom. The SMILES string of the molecule is CCCCCCCOP(=O)(Cl)Br. The van der Waals surface area contributed by atoms with Gasteiger partial charge in [-0.2, -0.15) is 0 Å². The van der Waals surface area contributed by atoms with E-state index in [1.54, 1.807) is 0 Å². The van der Waals surface area contributed by atoms with E-state index in [4.69, 9.17) is 15.8 Å². The molecule has 0 N–H and O–H groups in total. The number of unbranched alkanes of at least 4 members (excludes halogenated alkanes) is 4. The van der Waals surface area contributed by atoms with Gasteiger partial charge in [-0.15, -0.1) is 0 Å². The van der Waals surface area contributed by atoms with E-state index in [0.29, 0.717) is 6.61 Å². The molecule has 0 aliphatic carbocycles. The van der Waals surface area contributed by atoms with E-state index in [2.05, 4.69) is 22.4 Å². The summed E-state index contributed by atoms with van der Waals surface area (Å²) in [6.45, 7) is 2.65. The molecule has 74 valence electrons. The van der Waals surface area contributed by atoms with E-state index >= 15 is 0 Å². The van der Waals surface area contributed by atoms with Crippen molar-refractivity contribution in [3.05, 3.63) is 0 Å². The molecule has 0 aliphatic heterocycles. The van der Waals surface area contributed by atoms with E-state index in [9.17, 15) is 4.57 Å². The summed E-state index contributed by atoms with van der Waals surface area (Å²) in [5.74, 6) is 0. The highest BCUT2D eigenvalue weighted by Crippen LogP contribution is 2.60. The van der Waals surface area contributed by atoms with Gasteiger partial charge in [0, 0.05) is 15.5 Å². The molecule has 0 aromatic heterocycles. The summed E-state index contributed by atoms with van der Waals surface area (Å²) < 4.78 is 15.6. The Bertz CT molecular complexity index is 148. The van der Waals surface area contributed by atoms with Crippen LogP contribution < -0.4 is 0 Å². The predicted molar refractivity (Wildman–Crippen MR) is 57.1 cm³/mol. The Morgan fingerprint density at radius 1 is 1.33 bits per heavy atom. The lowest BCUT2D eigenvalue weighted by Gasteiger charge is -2.03. The summed E-state index contributed by atoms with van der Waals surface area (Å²) in [5, 5.41) is 0. The molecule has 12 heavy (non-hydrogen) atoms. The first-order valence-corrected chi connectivity index (χ1v) is 8.75. The molecule has 2 nitrogen and oxygen atoms in total. The molecule has 0 heterocycles. The van der Waals surface area contributed by atoms with Gasteiger partial charge < -0.3 is 4.52 Å². The molecule has 0 amide bonds. The number of halogens is 2. The average Bonchev–Trinajstić information content (AvgIpc) is 1.94. The van der Waals surface area contributed by atoms with Crippen LogP contribution in [0.4, 0.5) is 0 Å². The van der Waals surface area contributed by atoms with Gasteiger partial charge >= 0.3 is 5.42 Å². The van der Waals surface area contributed by atoms with Gasteiger partial charge in [-0.05, 0) is 17.7 Å². The van der Waals surface area contributed by atoms with Crippen molar-refractivity contribution in [2.45, 2.75) is 39.0 Å². The van der Waals surface area contributed by atoms with E-state index < -0.39 is 5.42 Å². The van der Waals surface area contributed by atoms with Crippen LogP contribution in [0, 0.1) is 0 Å². The van der Waals surface area contributed by atoms with Gasteiger partial charge in [-0.1, -0.05) is 32.6 Å². The van der Waals surface area contributed by atoms with Crippen molar-refractivity contribution < 1.29 is 9.09 Å². The molecule has 0 radical (unpaired) electrons. The average molecular weight is 278 g/mol. The molecule has 1 unspecified atom stereocenters. The second-order valence-electron chi connectivity index (χ2n) is 2.66. The predicted octanol–water partition coefficient (Wildman–Crippen LogP) is 4.72. The van der Waals surface area contributed by atoms with E-state index in [1.165, 1.54) is 19.3 Å². The molecule has 0 saturated heterocycles. The molecule has 0 spiro atoms. The summed E-state index contributed by atoms with van der Waals surface area (Å²) in [4.78, 5) is 0. The fraction of sp³-hybridized carbons (Fsp3) is 1.00. The van der Waals surface area contributed by atoms with Crippen LogP contribution in [0.5, 0.6) is 0 Å². The highest BCUT2D eigenvalue weighted by Gasteiger charge is 2.11. The number of hydrogen-bond donors (Lipinski definition) is 0. The van der Waals surface area contributed by atoms with Gasteiger partial charge in [0.2, 0.25) is 0 Å². The molecule has 0 fully saturated rings. The Balaban J connectivity index is 3.06. The van der Waals surface area contributed by atoms with Crippen molar-refractivity contribution in [3.63, 3.8) is 0 Å². The van der Waals surface area contributed by atoms with Gasteiger partial charge in [-0.3, -0.25) is 4.57 Å². The monoisotopic (exact) mass is 276 g/mol. The van der Waals surface area contributed by atoms with E-state index in [1.807, 2.05) is 0 Å². The normalized spacial score (nSPS) is 15.9. The van der Waals surface area contributed by atoms with Crippen LogP contribution in [-0.4, -0.2) is 6.61 Å². The summed E-state index contributed by atoms with van der Waals surface area (Å²) in [5.41, 5.74) is -2.94. The maximum atomic E-state index is 10.8. The minimum atomic E-state index is -2.94. The van der Waals surface area contributed by atoms with Crippen LogP contribution in [0.25, 0.3) is 0 Å². The van der Waals surface area contributed by atoms with Crippen LogP contribution >= 0.6 is 32.2 Å². The molecular weight excluding hydrogens is 262 g/mol. The zero-order valence-corrected chi connectivity index (χ0v) is 10.5. The first kappa shape index (κ1) is 13.0. The summed E-state index contributed by atoms with van der Waals surface area (Å²) in [7, 11) is 0. The van der Waals surface area contributed by atoms with E-state index in [0.717, 1.165) is 12.8 Å². The first-order valence-electron chi connectivity index (χ1n) is 4.20. The van der Waals surface area contributed by atoms with Crippen molar-refractivity contribution in [1.82, 2.24) is 0 Å². The Hall–Kier alpha value is 0.960. The second-order valence-corrected chi connectivity index (χ2v) is 9.11. The van der Waals surface area contributed by atoms with Crippen molar-refractivity contribution in [1.29, 1.82) is 0 Å². The van der Waals surface area contributed by atoms with Crippen molar-refractivity contribution in [3.8, 4) is 0 Å². The third-order valence-electron chi connectivity index (χ3n) is 1.49. The summed E-state index contributed by atoms with van der Waals surface area (Å²) in [6.07, 6.45) is 5.76. The first-order chi connectivity index (χ1) is 5.56. The molecular formula is C7H15BrClO2P. The minimum absolute atomic E-state index is 0.482. The van der Waals surface area contributed by atoms with Crippen molar-refractivity contribution in [2.24, 2.45) is 0 Å². The minimum Gasteiger partial charge on any atom is -0.310 e. The standard InChI is InChI=1S/C7H15BrClO2P/c1-2-3-4-5-6-7-11-12(8,9)10/h2-7H2,1H3. The molecule has 5 heteroatoms. The summed E-state index contributed by atoms with van der Waals surface area (Å²) >= 11 is 8.08. The maximum absolute atomic E-state index is 10.8. The highest BCUT2D eigenvalue weighted by molar-refractivity contribution is 9.42. The van der Waals surface area contributed by atoms with Crippen LogP contribution in [0.1, 0.15) is 39.0 Å². The maximum Gasteiger partial charge on any atom is 0.353 e. The second kappa shape index (κ2) is 7.37. The number of rotatable bonds is 7. The van der Waals surface area contributed by atoms with Crippen LogP contribution in [0.15, 0.2) is 0 Å². The van der Waals surface area contributed by atoms with E-state index in [-0.39, 0.29) is 0 Å². The molecule has 0 aromatic carbocycles. The highest BCUT2D eigenvalue weighted by atomic mass is 79.9. The molecule has 0 saturated carbocycles. The lowest BCUT2D eigenvalue weighted by Crippen LogP contribution is -1.87. The van der Waals surface area contributed by atoms with Crippen LogP contribution in [0.3, 0.4) is 0 Å². The fourth-order valence-corrected chi connectivity index (χ4v) is 1.86. The Labute approximate surface area is 87.0 Å². The molecule has 0 aromatic rings. The van der Waals surface area contributed by atoms with Gasteiger partial charge in [0.15, 0.2) is 0 Å². The third kappa shape index (κ3) is 11.0. The van der Waals surface area contributed by atoms with Gasteiger partial charge in [-0.25, -0.2) is 0 Å².